The molecule has 0 unspecified atom stereocenters. The van der Waals surface area contributed by atoms with Gasteiger partial charge in [0.1, 0.15) is 5.78 Å². The van der Waals surface area contributed by atoms with E-state index < -0.39 is 5.97 Å². The first-order valence-electron chi connectivity index (χ1n) is 13.0. The minimum atomic E-state index is -0.748. The van der Waals surface area contributed by atoms with E-state index >= 15 is 0 Å². The van der Waals surface area contributed by atoms with Gasteiger partial charge in [0.25, 0.3) is 0 Å². The number of ether oxygens (including phenoxy) is 2. The number of benzene rings is 1. The Morgan fingerprint density at radius 3 is 2.27 bits per heavy atom. The average molecular weight is 559 g/mol. The van der Waals surface area contributed by atoms with Crippen LogP contribution in [0.25, 0.3) is 0 Å². The van der Waals surface area contributed by atoms with Crippen molar-refractivity contribution < 1.29 is 24.2 Å². The number of Topliss-reactive ketones (excluding diaryl/α,β-unsaturated/α-hetero) is 1. The van der Waals surface area contributed by atoms with E-state index in [9.17, 15) is 9.59 Å². The van der Waals surface area contributed by atoms with Crippen molar-refractivity contribution in [3.63, 3.8) is 0 Å². The van der Waals surface area contributed by atoms with Crippen molar-refractivity contribution in [1.82, 2.24) is 9.80 Å². The molecule has 0 saturated carbocycles. The summed E-state index contributed by atoms with van der Waals surface area (Å²) in [6.45, 7) is 10.4. The van der Waals surface area contributed by atoms with Gasteiger partial charge in [-0.25, -0.2) is 4.79 Å². The number of fused-ring (bicyclic) bond motifs is 1. The number of hydrogen-bond donors (Lipinski definition) is 1. The van der Waals surface area contributed by atoms with Gasteiger partial charge in [0.05, 0.1) is 6.54 Å². The smallest absolute Gasteiger partial charge is 0.331 e. The number of piperidine rings is 1. The molecule has 0 atom stereocenters. The number of carbonyl (C=O) groups excluding carboxylic acids is 1. The van der Waals surface area contributed by atoms with Gasteiger partial charge in [0, 0.05) is 43.5 Å². The number of anilines is 1. The molecule has 5 rings (SSSR count). The van der Waals surface area contributed by atoms with Crippen LogP contribution in [0.5, 0.6) is 11.5 Å². The fourth-order valence-corrected chi connectivity index (χ4v) is 5.29. The van der Waals surface area contributed by atoms with Gasteiger partial charge < -0.3 is 19.5 Å². The van der Waals surface area contributed by atoms with E-state index in [2.05, 4.69) is 26.8 Å². The maximum Gasteiger partial charge on any atom is 0.331 e. The molecule has 2 saturated heterocycles. The van der Waals surface area contributed by atoms with Crippen molar-refractivity contribution in [3.05, 3.63) is 29.8 Å². The monoisotopic (exact) mass is 557 g/mol. The molecule has 0 aromatic heterocycles. The first kappa shape index (κ1) is 31.2. The standard InChI is InChI=1S/C21H31N3O3.C6H8O2.2ClH/c1-17(25)15-23-8-5-18(6-9-23)4-7-22-10-12-24(13-11-22)19-2-3-20-21(14-19)27-16-26-20;7-6(8)5-3-1-2-4-5;;/h2-3,14,18H,4-13,15-16H2,1H3;3H,1-2,4H2,(H,7,8);2*1H. The highest BCUT2D eigenvalue weighted by atomic mass is 35.5. The van der Waals surface area contributed by atoms with Crippen molar-refractivity contribution in [2.24, 2.45) is 5.92 Å². The van der Waals surface area contributed by atoms with Crippen LogP contribution < -0.4 is 14.4 Å². The molecule has 4 aliphatic rings. The zero-order chi connectivity index (χ0) is 24.6. The summed E-state index contributed by atoms with van der Waals surface area (Å²) < 4.78 is 10.9. The second-order valence-electron chi connectivity index (χ2n) is 10.0. The molecule has 10 heteroatoms. The Balaban J connectivity index is 0.000000415. The highest BCUT2D eigenvalue weighted by molar-refractivity contribution is 5.87. The number of allylic oxidation sites excluding steroid dienone is 1. The molecule has 3 aliphatic heterocycles. The van der Waals surface area contributed by atoms with Crippen LogP contribution in [0, 0.1) is 5.92 Å². The third kappa shape index (κ3) is 9.36. The second kappa shape index (κ2) is 15.4. The van der Waals surface area contributed by atoms with E-state index in [4.69, 9.17) is 14.6 Å². The summed E-state index contributed by atoms with van der Waals surface area (Å²) in [4.78, 5) is 28.7. The molecule has 1 N–H and O–H groups in total. The lowest BCUT2D eigenvalue weighted by Crippen LogP contribution is -2.47. The topological polar surface area (TPSA) is 82.6 Å². The number of aliphatic carboxylic acids is 1. The van der Waals surface area contributed by atoms with Gasteiger partial charge in [0.15, 0.2) is 11.5 Å². The van der Waals surface area contributed by atoms with Gasteiger partial charge in [0.2, 0.25) is 6.79 Å². The van der Waals surface area contributed by atoms with Gasteiger partial charge in [-0.3, -0.25) is 14.6 Å². The molecule has 0 spiro atoms. The molecule has 0 radical (unpaired) electrons. The quantitative estimate of drug-likeness (QED) is 0.532. The lowest BCUT2D eigenvalue weighted by Gasteiger charge is -2.37. The second-order valence-corrected chi connectivity index (χ2v) is 10.0. The van der Waals surface area contributed by atoms with E-state index in [1.54, 1.807) is 13.0 Å². The summed E-state index contributed by atoms with van der Waals surface area (Å²) in [7, 11) is 0. The average Bonchev–Trinajstić information content (AvgIpc) is 3.56. The third-order valence-corrected chi connectivity index (χ3v) is 7.42. The highest BCUT2D eigenvalue weighted by Crippen LogP contribution is 2.35. The van der Waals surface area contributed by atoms with Gasteiger partial charge in [-0.05, 0) is 83.1 Å². The number of hydrogen-bond acceptors (Lipinski definition) is 7. The Morgan fingerprint density at radius 2 is 1.68 bits per heavy atom. The molecule has 1 aliphatic carbocycles. The van der Waals surface area contributed by atoms with Crippen molar-refractivity contribution >= 4 is 42.3 Å². The molecule has 0 amide bonds. The zero-order valence-corrected chi connectivity index (χ0v) is 23.4. The minimum absolute atomic E-state index is 0. The molecular formula is C27H41Cl2N3O5. The number of rotatable bonds is 7. The number of likely N-dealkylation sites (tertiary alicyclic amines) is 1. The summed E-state index contributed by atoms with van der Waals surface area (Å²) in [6, 6.07) is 6.26. The number of piperazine rings is 1. The van der Waals surface area contributed by atoms with E-state index in [0.29, 0.717) is 18.9 Å². The zero-order valence-electron chi connectivity index (χ0n) is 21.7. The molecule has 1 aromatic carbocycles. The first-order valence-corrected chi connectivity index (χ1v) is 13.0. The Kier molecular flexibility index (Phi) is 13.0. The lowest BCUT2D eigenvalue weighted by atomic mass is 9.93. The van der Waals surface area contributed by atoms with E-state index in [1.165, 1.54) is 31.5 Å². The molecule has 208 valence electrons. The fraction of sp³-hybridized carbons (Fsp3) is 0.630. The highest BCUT2D eigenvalue weighted by Gasteiger charge is 2.23. The maximum atomic E-state index is 11.2. The SMILES string of the molecule is CC(=O)CN1CCC(CCN2CCN(c3ccc4c(c3)OCO4)CC2)CC1.Cl.Cl.O=C(O)C1=CCCC1. The summed E-state index contributed by atoms with van der Waals surface area (Å²) in [5.41, 5.74) is 1.82. The lowest BCUT2D eigenvalue weighted by molar-refractivity contribution is -0.132. The largest absolute Gasteiger partial charge is 0.478 e. The van der Waals surface area contributed by atoms with Crippen LogP contribution in [-0.2, 0) is 9.59 Å². The molecule has 37 heavy (non-hydrogen) atoms. The maximum absolute atomic E-state index is 11.2. The van der Waals surface area contributed by atoms with Crippen LogP contribution in [-0.4, -0.2) is 85.8 Å². The third-order valence-electron chi connectivity index (χ3n) is 7.42. The Bertz CT molecular complexity index is 913. The van der Waals surface area contributed by atoms with Crippen LogP contribution in [0.15, 0.2) is 29.8 Å². The minimum Gasteiger partial charge on any atom is -0.478 e. The van der Waals surface area contributed by atoms with Gasteiger partial charge in [-0.15, -0.1) is 24.8 Å². The number of ketones is 1. The predicted molar refractivity (Wildman–Crippen MR) is 150 cm³/mol. The van der Waals surface area contributed by atoms with Crippen LogP contribution in [0.1, 0.15) is 45.4 Å². The summed E-state index contributed by atoms with van der Waals surface area (Å²) >= 11 is 0. The van der Waals surface area contributed by atoms with E-state index in [0.717, 1.165) is 75.9 Å². The van der Waals surface area contributed by atoms with Crippen LogP contribution >= 0.6 is 24.8 Å². The summed E-state index contributed by atoms with van der Waals surface area (Å²) in [6.07, 6.45) is 8.29. The van der Waals surface area contributed by atoms with Gasteiger partial charge >= 0.3 is 5.97 Å². The van der Waals surface area contributed by atoms with E-state index in [-0.39, 0.29) is 30.6 Å². The Hall–Kier alpha value is -2.00. The summed E-state index contributed by atoms with van der Waals surface area (Å²) in [5.74, 6) is 2.08. The molecule has 3 heterocycles. The molecule has 1 aromatic rings. The first-order chi connectivity index (χ1) is 17.0. The summed E-state index contributed by atoms with van der Waals surface area (Å²) in [5, 5.41) is 8.34. The Morgan fingerprint density at radius 1 is 0.973 bits per heavy atom. The van der Waals surface area contributed by atoms with Crippen molar-refractivity contribution in [1.29, 1.82) is 0 Å². The molecule has 8 nitrogen and oxygen atoms in total. The number of halogens is 2. The predicted octanol–water partition coefficient (Wildman–Crippen LogP) is 4.25. The van der Waals surface area contributed by atoms with Crippen LogP contribution in [0.3, 0.4) is 0 Å². The number of carboxylic acid groups (broad SMARTS) is 1. The molecule has 0 bridgehead atoms. The van der Waals surface area contributed by atoms with Gasteiger partial charge in [-0.2, -0.15) is 0 Å². The number of carboxylic acids is 1. The molecular weight excluding hydrogens is 517 g/mol. The Labute approximate surface area is 232 Å². The normalized spacial score (nSPS) is 19.7. The number of nitrogens with zero attached hydrogens (tertiary/aromatic N) is 3. The van der Waals surface area contributed by atoms with Crippen molar-refractivity contribution in [2.75, 3.05) is 64.1 Å². The number of carbonyl (C=O) groups is 2. The fourth-order valence-electron chi connectivity index (χ4n) is 5.29. The van der Waals surface area contributed by atoms with Crippen molar-refractivity contribution in [2.45, 2.75) is 45.4 Å². The van der Waals surface area contributed by atoms with E-state index in [1.807, 2.05) is 6.07 Å². The van der Waals surface area contributed by atoms with Gasteiger partial charge in [-0.1, -0.05) is 6.08 Å². The van der Waals surface area contributed by atoms with Crippen molar-refractivity contribution in [3.8, 4) is 11.5 Å². The van der Waals surface area contributed by atoms with Crippen LogP contribution in [0.2, 0.25) is 0 Å². The molecule has 2 fully saturated rings. The van der Waals surface area contributed by atoms with Crippen LogP contribution in [0.4, 0.5) is 5.69 Å².